The van der Waals surface area contributed by atoms with Crippen molar-refractivity contribution in [3.8, 4) is 0 Å². The van der Waals surface area contributed by atoms with Crippen molar-refractivity contribution >= 4 is 40.5 Å². The number of benzene rings is 2. The van der Waals surface area contributed by atoms with Crippen molar-refractivity contribution in [2.24, 2.45) is 5.92 Å². The molecule has 8 heteroatoms. The third-order valence-electron chi connectivity index (χ3n) is 5.43. The second kappa shape index (κ2) is 7.11. The summed E-state index contributed by atoms with van der Waals surface area (Å²) in [6.07, 6.45) is 3.98. The summed E-state index contributed by atoms with van der Waals surface area (Å²) in [7, 11) is 0. The number of carbonyl (C=O) groups excluding carboxylic acids is 2. The van der Waals surface area contributed by atoms with E-state index in [1.165, 1.54) is 0 Å². The highest BCUT2D eigenvalue weighted by atomic mass is 32.1. The van der Waals surface area contributed by atoms with Gasteiger partial charge in [0.25, 0.3) is 5.91 Å². The van der Waals surface area contributed by atoms with Gasteiger partial charge < -0.3 is 10.6 Å². The van der Waals surface area contributed by atoms with Gasteiger partial charge in [0.1, 0.15) is 0 Å². The van der Waals surface area contributed by atoms with Crippen molar-refractivity contribution in [1.29, 1.82) is 0 Å². The molecule has 5 rings (SSSR count). The first kappa shape index (κ1) is 18.1. The van der Waals surface area contributed by atoms with Crippen molar-refractivity contribution in [2.75, 3.05) is 5.32 Å². The van der Waals surface area contributed by atoms with Gasteiger partial charge in [-0.25, -0.2) is 0 Å². The Bertz CT molecular complexity index is 1170. The van der Waals surface area contributed by atoms with Crippen molar-refractivity contribution in [1.82, 2.24) is 20.1 Å². The molecule has 2 aromatic carbocycles. The number of amides is 2. The van der Waals surface area contributed by atoms with E-state index < -0.39 is 0 Å². The van der Waals surface area contributed by atoms with Crippen LogP contribution in [-0.2, 0) is 11.3 Å². The van der Waals surface area contributed by atoms with Gasteiger partial charge in [-0.3, -0.25) is 19.3 Å². The summed E-state index contributed by atoms with van der Waals surface area (Å²) in [5.74, 6) is 0.502. The molecular formula is C21H21N5O2S. The number of rotatable bonds is 6. The fourth-order valence-electron chi connectivity index (χ4n) is 3.54. The summed E-state index contributed by atoms with van der Waals surface area (Å²) in [6.45, 7) is 0.269. The van der Waals surface area contributed by atoms with E-state index in [2.05, 4.69) is 20.8 Å². The second-order valence-electron chi connectivity index (χ2n) is 7.74. The minimum atomic E-state index is -0.252. The van der Waals surface area contributed by atoms with Gasteiger partial charge in [0.05, 0.1) is 17.8 Å². The highest BCUT2D eigenvalue weighted by molar-refractivity contribution is 7.71. The van der Waals surface area contributed by atoms with Crippen LogP contribution in [0.15, 0.2) is 36.4 Å². The van der Waals surface area contributed by atoms with Gasteiger partial charge in [0.2, 0.25) is 5.91 Å². The smallest absolute Gasteiger partial charge is 0.253 e. The van der Waals surface area contributed by atoms with E-state index in [9.17, 15) is 9.59 Å². The molecular weight excluding hydrogens is 386 g/mol. The van der Waals surface area contributed by atoms with Crippen molar-refractivity contribution in [3.63, 3.8) is 0 Å². The minimum absolute atomic E-state index is 0.0241. The first-order chi connectivity index (χ1) is 14.1. The Morgan fingerprint density at radius 2 is 1.86 bits per heavy atom. The van der Waals surface area contributed by atoms with E-state index in [0.717, 1.165) is 42.3 Å². The van der Waals surface area contributed by atoms with Crippen LogP contribution < -0.4 is 10.6 Å². The molecule has 0 spiro atoms. The monoisotopic (exact) mass is 407 g/mol. The predicted molar refractivity (Wildman–Crippen MR) is 112 cm³/mol. The highest BCUT2D eigenvalue weighted by Crippen LogP contribution is 2.36. The van der Waals surface area contributed by atoms with Gasteiger partial charge in [-0.1, -0.05) is 24.3 Å². The van der Waals surface area contributed by atoms with E-state index in [1.807, 2.05) is 41.0 Å². The van der Waals surface area contributed by atoms with Gasteiger partial charge in [-0.15, -0.1) is 0 Å². The van der Waals surface area contributed by atoms with Crippen LogP contribution >= 0.6 is 12.2 Å². The number of aromatic nitrogens is 3. The maximum Gasteiger partial charge on any atom is 0.253 e. The number of carbonyl (C=O) groups is 2. The largest absolute Gasteiger partial charge is 0.345 e. The lowest BCUT2D eigenvalue weighted by molar-refractivity contribution is -0.117. The zero-order chi connectivity index (χ0) is 20.0. The summed E-state index contributed by atoms with van der Waals surface area (Å²) in [5.41, 5.74) is 0.990. The van der Waals surface area contributed by atoms with Crippen LogP contribution in [0, 0.1) is 10.7 Å². The van der Waals surface area contributed by atoms with E-state index >= 15 is 0 Å². The molecule has 2 aliphatic carbocycles. The van der Waals surface area contributed by atoms with Crippen LogP contribution in [0.1, 0.15) is 47.9 Å². The molecule has 0 atom stereocenters. The predicted octanol–water partition coefficient (Wildman–Crippen LogP) is 3.71. The van der Waals surface area contributed by atoms with E-state index in [-0.39, 0.29) is 24.3 Å². The average Bonchev–Trinajstić information content (AvgIpc) is 3.64. The van der Waals surface area contributed by atoms with Crippen LogP contribution in [0.2, 0.25) is 0 Å². The molecule has 1 aromatic heterocycles. The molecule has 7 nitrogen and oxygen atoms in total. The fraction of sp³-hybridized carbons (Fsp3) is 0.333. The van der Waals surface area contributed by atoms with Gasteiger partial charge in [0.15, 0.2) is 10.6 Å². The Hall–Kier alpha value is -3.00. The molecule has 0 unspecified atom stereocenters. The number of nitrogens with one attached hydrogen (secondary N) is 3. The molecule has 3 aromatic rings. The van der Waals surface area contributed by atoms with Crippen LogP contribution in [0.3, 0.4) is 0 Å². The summed E-state index contributed by atoms with van der Waals surface area (Å²) in [5, 5.41) is 14.9. The topological polar surface area (TPSA) is 91.8 Å². The molecule has 2 amide bonds. The lowest BCUT2D eigenvalue weighted by Crippen LogP contribution is -2.26. The SMILES string of the molecule is O=C(NCc1n[nH]c(=S)n1C1CC1)c1cc2ccccc2cc1NC(=O)C1CC1. The summed E-state index contributed by atoms with van der Waals surface area (Å²) >= 11 is 5.30. The van der Waals surface area contributed by atoms with Gasteiger partial charge in [0, 0.05) is 12.0 Å². The van der Waals surface area contributed by atoms with E-state index in [1.54, 1.807) is 0 Å². The zero-order valence-electron chi connectivity index (χ0n) is 15.8. The maximum atomic E-state index is 13.0. The number of nitrogens with zero attached hydrogens (tertiary/aromatic N) is 2. The standard InChI is InChI=1S/C21H21N5O2S/c27-19(12-5-6-12)23-17-10-14-4-2-1-3-13(14)9-16(17)20(28)22-11-18-24-25-21(29)26(18)15-7-8-15/h1-4,9-10,12,15H,5-8,11H2,(H,22,28)(H,23,27)(H,25,29). The number of anilines is 1. The third-order valence-corrected chi connectivity index (χ3v) is 5.72. The van der Waals surface area contributed by atoms with Crippen LogP contribution in [-0.4, -0.2) is 26.6 Å². The Morgan fingerprint density at radius 1 is 1.14 bits per heavy atom. The number of hydrogen-bond donors (Lipinski definition) is 3. The Morgan fingerprint density at radius 3 is 2.55 bits per heavy atom. The van der Waals surface area contributed by atoms with Crippen LogP contribution in [0.25, 0.3) is 10.8 Å². The molecule has 1 heterocycles. The van der Waals surface area contributed by atoms with Crippen molar-refractivity contribution in [2.45, 2.75) is 38.3 Å². The molecule has 2 saturated carbocycles. The number of fused-ring (bicyclic) bond motifs is 1. The lowest BCUT2D eigenvalue weighted by Gasteiger charge is -2.13. The number of H-pyrrole nitrogens is 1. The van der Waals surface area contributed by atoms with Gasteiger partial charge >= 0.3 is 0 Å². The third kappa shape index (κ3) is 3.67. The van der Waals surface area contributed by atoms with E-state index in [4.69, 9.17) is 12.2 Å². The molecule has 0 aliphatic heterocycles. The van der Waals surface area contributed by atoms with Crippen LogP contribution in [0.5, 0.6) is 0 Å². The Kier molecular flexibility index (Phi) is 4.43. The molecule has 0 bridgehead atoms. The maximum absolute atomic E-state index is 13.0. The summed E-state index contributed by atoms with van der Waals surface area (Å²) in [4.78, 5) is 25.3. The van der Waals surface area contributed by atoms with Gasteiger partial charge in [-0.2, -0.15) is 5.10 Å². The minimum Gasteiger partial charge on any atom is -0.345 e. The first-order valence-corrected chi connectivity index (χ1v) is 10.3. The molecule has 0 saturated heterocycles. The number of hydrogen-bond acceptors (Lipinski definition) is 4. The molecule has 2 aliphatic rings. The lowest BCUT2D eigenvalue weighted by atomic mass is 10.0. The van der Waals surface area contributed by atoms with Crippen molar-refractivity contribution < 1.29 is 9.59 Å². The molecule has 2 fully saturated rings. The van der Waals surface area contributed by atoms with Gasteiger partial charge in [-0.05, 0) is 60.8 Å². The normalized spacial score (nSPS) is 16.0. The molecule has 148 valence electrons. The number of aromatic amines is 1. The molecule has 3 N–H and O–H groups in total. The zero-order valence-corrected chi connectivity index (χ0v) is 16.6. The highest BCUT2D eigenvalue weighted by Gasteiger charge is 2.31. The Labute approximate surface area is 172 Å². The average molecular weight is 407 g/mol. The summed E-state index contributed by atoms with van der Waals surface area (Å²) < 4.78 is 2.56. The fourth-order valence-corrected chi connectivity index (χ4v) is 3.84. The first-order valence-electron chi connectivity index (χ1n) is 9.88. The molecule has 29 heavy (non-hydrogen) atoms. The van der Waals surface area contributed by atoms with Crippen LogP contribution in [0.4, 0.5) is 5.69 Å². The van der Waals surface area contributed by atoms with Crippen molar-refractivity contribution in [3.05, 3.63) is 52.6 Å². The second-order valence-corrected chi connectivity index (χ2v) is 8.12. The van der Waals surface area contributed by atoms with E-state index in [0.29, 0.717) is 22.1 Å². The Balaban J connectivity index is 1.42. The quantitative estimate of drug-likeness (QED) is 0.543. The summed E-state index contributed by atoms with van der Waals surface area (Å²) in [6, 6.07) is 11.9. The molecule has 0 radical (unpaired) electrons.